The molecule has 0 atom stereocenters. The SMILES string of the molecule is Cc1cc(C(C)(C)C)cc(C)c1CC1=NCC(=O)N1. The van der Waals surface area contributed by atoms with Crippen LogP contribution in [-0.4, -0.2) is 18.3 Å². The Morgan fingerprint density at radius 2 is 1.79 bits per heavy atom. The zero-order valence-electron chi connectivity index (χ0n) is 12.4. The van der Waals surface area contributed by atoms with Crippen molar-refractivity contribution in [3.8, 4) is 0 Å². The molecule has 102 valence electrons. The van der Waals surface area contributed by atoms with E-state index in [0.717, 1.165) is 5.84 Å². The van der Waals surface area contributed by atoms with Crippen LogP contribution in [0.2, 0.25) is 0 Å². The van der Waals surface area contributed by atoms with Crippen molar-refractivity contribution in [2.24, 2.45) is 4.99 Å². The smallest absolute Gasteiger partial charge is 0.247 e. The normalized spacial score (nSPS) is 15.4. The van der Waals surface area contributed by atoms with Crippen LogP contribution < -0.4 is 5.32 Å². The van der Waals surface area contributed by atoms with Crippen LogP contribution in [-0.2, 0) is 16.6 Å². The van der Waals surface area contributed by atoms with E-state index in [9.17, 15) is 4.79 Å². The Labute approximate surface area is 115 Å². The first-order valence-electron chi connectivity index (χ1n) is 6.71. The highest BCUT2D eigenvalue weighted by Crippen LogP contribution is 2.27. The lowest BCUT2D eigenvalue weighted by atomic mass is 9.83. The summed E-state index contributed by atoms with van der Waals surface area (Å²) in [6.07, 6.45) is 0.716. The molecule has 1 aliphatic heterocycles. The summed E-state index contributed by atoms with van der Waals surface area (Å²) < 4.78 is 0. The molecule has 1 aliphatic rings. The molecule has 1 N–H and O–H groups in total. The van der Waals surface area contributed by atoms with Gasteiger partial charge in [0.05, 0.1) is 0 Å². The number of hydrogen-bond donors (Lipinski definition) is 1. The van der Waals surface area contributed by atoms with Crippen molar-refractivity contribution >= 4 is 11.7 Å². The number of carbonyl (C=O) groups excluding carboxylic acids is 1. The van der Waals surface area contributed by atoms with E-state index in [1.165, 1.54) is 22.3 Å². The second-order valence-corrected chi connectivity index (χ2v) is 6.33. The van der Waals surface area contributed by atoms with E-state index in [-0.39, 0.29) is 17.9 Å². The van der Waals surface area contributed by atoms with Gasteiger partial charge in [0.1, 0.15) is 12.4 Å². The van der Waals surface area contributed by atoms with Crippen LogP contribution in [0, 0.1) is 13.8 Å². The molecule has 0 radical (unpaired) electrons. The molecule has 3 nitrogen and oxygen atoms in total. The van der Waals surface area contributed by atoms with Gasteiger partial charge in [-0.15, -0.1) is 0 Å². The third-order valence-corrected chi connectivity index (χ3v) is 3.60. The zero-order valence-corrected chi connectivity index (χ0v) is 12.4. The van der Waals surface area contributed by atoms with E-state index in [1.54, 1.807) is 0 Å². The van der Waals surface area contributed by atoms with Crippen molar-refractivity contribution in [3.63, 3.8) is 0 Å². The first kappa shape index (κ1) is 13.8. The number of amides is 1. The summed E-state index contributed by atoms with van der Waals surface area (Å²) in [5, 5.41) is 2.81. The Kier molecular flexibility index (Phi) is 3.48. The van der Waals surface area contributed by atoms with E-state index in [2.05, 4.69) is 57.1 Å². The average Bonchev–Trinajstić information content (AvgIpc) is 2.68. The predicted octanol–water partition coefficient (Wildman–Crippen LogP) is 2.67. The van der Waals surface area contributed by atoms with E-state index < -0.39 is 0 Å². The van der Waals surface area contributed by atoms with Gasteiger partial charge in [0.2, 0.25) is 5.91 Å². The molecular formula is C16H22N2O. The van der Waals surface area contributed by atoms with Crippen molar-refractivity contribution in [1.29, 1.82) is 0 Å². The van der Waals surface area contributed by atoms with Gasteiger partial charge in [0.25, 0.3) is 0 Å². The minimum absolute atomic E-state index is 0.00313. The van der Waals surface area contributed by atoms with E-state index in [0.29, 0.717) is 6.42 Å². The predicted molar refractivity (Wildman–Crippen MR) is 78.8 cm³/mol. The fourth-order valence-electron chi connectivity index (χ4n) is 2.38. The van der Waals surface area contributed by atoms with Crippen LogP contribution in [0.25, 0.3) is 0 Å². The molecule has 1 amide bonds. The maximum Gasteiger partial charge on any atom is 0.247 e. The van der Waals surface area contributed by atoms with Gasteiger partial charge < -0.3 is 5.32 Å². The van der Waals surface area contributed by atoms with E-state index in [4.69, 9.17) is 0 Å². The summed E-state index contributed by atoms with van der Waals surface area (Å²) >= 11 is 0. The highest BCUT2D eigenvalue weighted by molar-refractivity contribution is 6.04. The van der Waals surface area contributed by atoms with Crippen LogP contribution >= 0.6 is 0 Å². The number of rotatable bonds is 2. The van der Waals surface area contributed by atoms with Crippen molar-refractivity contribution in [3.05, 3.63) is 34.4 Å². The van der Waals surface area contributed by atoms with Gasteiger partial charge in [-0.2, -0.15) is 0 Å². The number of carbonyl (C=O) groups is 1. The molecule has 0 aromatic heterocycles. The standard InChI is InChI=1S/C16H22N2O/c1-10-6-12(16(3,4)5)7-11(2)13(10)8-14-17-9-15(19)18-14/h6-7H,8-9H2,1-5H3,(H,17,18,19). The molecule has 0 fully saturated rings. The fraction of sp³-hybridized carbons (Fsp3) is 0.500. The molecule has 3 heteroatoms. The van der Waals surface area contributed by atoms with Gasteiger partial charge >= 0.3 is 0 Å². The molecular weight excluding hydrogens is 236 g/mol. The summed E-state index contributed by atoms with van der Waals surface area (Å²) in [6.45, 7) is 11.2. The van der Waals surface area contributed by atoms with Crippen LogP contribution in [0.3, 0.4) is 0 Å². The average molecular weight is 258 g/mol. The van der Waals surface area contributed by atoms with Crippen molar-refractivity contribution < 1.29 is 4.79 Å². The minimum Gasteiger partial charge on any atom is -0.313 e. The van der Waals surface area contributed by atoms with Gasteiger partial charge in [0.15, 0.2) is 0 Å². The van der Waals surface area contributed by atoms with Crippen LogP contribution in [0.1, 0.15) is 43.0 Å². The molecule has 0 bridgehead atoms. The Hall–Kier alpha value is -1.64. The molecule has 1 aromatic carbocycles. The Balaban J connectivity index is 2.30. The topological polar surface area (TPSA) is 41.5 Å². The largest absolute Gasteiger partial charge is 0.313 e. The quantitative estimate of drug-likeness (QED) is 0.870. The number of aliphatic imine (C=N–C) groups is 1. The number of nitrogens with one attached hydrogen (secondary N) is 1. The first-order valence-corrected chi connectivity index (χ1v) is 6.71. The summed E-state index contributed by atoms with van der Waals surface area (Å²) in [4.78, 5) is 15.4. The molecule has 0 spiro atoms. The number of benzene rings is 1. The first-order chi connectivity index (χ1) is 8.77. The minimum atomic E-state index is -0.00313. The Morgan fingerprint density at radius 3 is 2.21 bits per heavy atom. The highest BCUT2D eigenvalue weighted by atomic mass is 16.2. The number of amidine groups is 1. The number of hydrogen-bond acceptors (Lipinski definition) is 2. The Morgan fingerprint density at radius 1 is 1.21 bits per heavy atom. The monoisotopic (exact) mass is 258 g/mol. The second-order valence-electron chi connectivity index (χ2n) is 6.33. The molecule has 1 heterocycles. The van der Waals surface area contributed by atoms with Gasteiger partial charge in [-0.3, -0.25) is 9.79 Å². The lowest BCUT2D eigenvalue weighted by Crippen LogP contribution is -2.26. The number of nitrogens with zero attached hydrogens (tertiary/aromatic N) is 1. The summed E-state index contributed by atoms with van der Waals surface area (Å²) in [7, 11) is 0. The van der Waals surface area contributed by atoms with Crippen LogP contribution in [0.5, 0.6) is 0 Å². The van der Waals surface area contributed by atoms with Gasteiger partial charge in [0, 0.05) is 6.42 Å². The van der Waals surface area contributed by atoms with Gasteiger partial charge in [-0.1, -0.05) is 32.9 Å². The summed E-state index contributed by atoms with van der Waals surface area (Å²) in [5.41, 5.74) is 5.33. The molecule has 0 saturated carbocycles. The molecule has 2 rings (SSSR count). The van der Waals surface area contributed by atoms with Gasteiger partial charge in [-0.05, 0) is 41.5 Å². The molecule has 0 unspecified atom stereocenters. The van der Waals surface area contributed by atoms with E-state index >= 15 is 0 Å². The second kappa shape index (κ2) is 4.80. The molecule has 1 aromatic rings. The number of aryl methyl sites for hydroxylation is 2. The molecule has 0 saturated heterocycles. The maximum atomic E-state index is 11.2. The molecule has 0 aliphatic carbocycles. The van der Waals surface area contributed by atoms with Gasteiger partial charge in [-0.25, -0.2) is 0 Å². The zero-order chi connectivity index (χ0) is 14.2. The highest BCUT2D eigenvalue weighted by Gasteiger charge is 2.19. The summed E-state index contributed by atoms with van der Waals surface area (Å²) in [5.74, 6) is 0.788. The van der Waals surface area contributed by atoms with E-state index in [1.807, 2.05) is 0 Å². The van der Waals surface area contributed by atoms with Crippen LogP contribution in [0.4, 0.5) is 0 Å². The van der Waals surface area contributed by atoms with Crippen molar-refractivity contribution in [2.75, 3.05) is 6.54 Å². The summed E-state index contributed by atoms with van der Waals surface area (Å²) in [6, 6.07) is 4.50. The third kappa shape index (κ3) is 3.03. The third-order valence-electron chi connectivity index (χ3n) is 3.60. The fourth-order valence-corrected chi connectivity index (χ4v) is 2.38. The maximum absolute atomic E-state index is 11.2. The lowest BCUT2D eigenvalue weighted by Gasteiger charge is -2.22. The molecule has 19 heavy (non-hydrogen) atoms. The Bertz CT molecular complexity index is 527. The van der Waals surface area contributed by atoms with Crippen molar-refractivity contribution in [1.82, 2.24) is 5.32 Å². The van der Waals surface area contributed by atoms with Crippen molar-refractivity contribution in [2.45, 2.75) is 46.5 Å². The lowest BCUT2D eigenvalue weighted by molar-refractivity contribution is -0.117. The van der Waals surface area contributed by atoms with Crippen LogP contribution in [0.15, 0.2) is 17.1 Å².